The molecule has 140 valence electrons. The van der Waals surface area contributed by atoms with E-state index in [4.69, 9.17) is 0 Å². The number of aliphatic hydroxyl groups is 2. The van der Waals surface area contributed by atoms with Crippen molar-refractivity contribution in [1.29, 1.82) is 0 Å². The number of hydrogen-bond acceptors (Lipinski definition) is 4. The predicted octanol–water partition coefficient (Wildman–Crippen LogP) is 2.36. The van der Waals surface area contributed by atoms with E-state index in [1.165, 1.54) is 12.1 Å². The first kappa shape index (κ1) is 18.8. The first-order valence-corrected chi connectivity index (χ1v) is 9.04. The number of likely N-dealkylation sites (tertiary alicyclic amines) is 1. The lowest BCUT2D eigenvalue weighted by molar-refractivity contribution is -0.0745. The molecule has 0 spiro atoms. The Kier molecular flexibility index (Phi) is 5.91. The third kappa shape index (κ3) is 4.41. The topological polar surface area (TPSA) is 63.9 Å². The summed E-state index contributed by atoms with van der Waals surface area (Å²) in [6.45, 7) is 2.09. The largest absolute Gasteiger partial charge is 0.508 e. The van der Waals surface area contributed by atoms with Crippen LogP contribution in [0.4, 0.5) is 4.39 Å². The normalized spacial score (nSPS) is 23.9. The van der Waals surface area contributed by atoms with Crippen molar-refractivity contribution in [2.24, 2.45) is 5.41 Å². The third-order valence-corrected chi connectivity index (χ3v) is 5.40. The van der Waals surface area contributed by atoms with E-state index in [1.807, 2.05) is 12.1 Å². The SMILES string of the molecule is OC[C@]1(Cc2ccc(F)cc2)CN(CCc2ccc(O)cc2)CC[C@@H]1O. The maximum Gasteiger partial charge on any atom is 0.123 e. The minimum absolute atomic E-state index is 0.110. The predicted molar refractivity (Wildman–Crippen MR) is 98.5 cm³/mol. The van der Waals surface area contributed by atoms with Crippen LogP contribution in [0.25, 0.3) is 0 Å². The molecule has 26 heavy (non-hydrogen) atoms. The fraction of sp³-hybridized carbons (Fsp3) is 0.429. The molecule has 3 N–H and O–H groups in total. The van der Waals surface area contributed by atoms with Gasteiger partial charge in [-0.25, -0.2) is 4.39 Å². The molecule has 4 nitrogen and oxygen atoms in total. The molecule has 0 saturated carbocycles. The second-order valence-corrected chi connectivity index (χ2v) is 7.32. The van der Waals surface area contributed by atoms with Gasteiger partial charge in [0.1, 0.15) is 11.6 Å². The summed E-state index contributed by atoms with van der Waals surface area (Å²) in [6, 6.07) is 13.4. The van der Waals surface area contributed by atoms with Crippen LogP contribution in [-0.4, -0.2) is 52.6 Å². The summed E-state index contributed by atoms with van der Waals surface area (Å²) in [7, 11) is 0. The zero-order valence-corrected chi connectivity index (χ0v) is 14.8. The summed E-state index contributed by atoms with van der Waals surface area (Å²) in [5.74, 6) is -0.0278. The van der Waals surface area contributed by atoms with Crippen molar-refractivity contribution in [3.05, 3.63) is 65.5 Å². The number of halogens is 1. The van der Waals surface area contributed by atoms with Crippen LogP contribution in [0.2, 0.25) is 0 Å². The maximum absolute atomic E-state index is 13.1. The second kappa shape index (κ2) is 8.16. The van der Waals surface area contributed by atoms with Crippen molar-refractivity contribution in [2.75, 3.05) is 26.2 Å². The average Bonchev–Trinajstić information content (AvgIpc) is 2.65. The summed E-state index contributed by atoms with van der Waals surface area (Å²) in [4.78, 5) is 2.26. The standard InChI is InChI=1S/C21H26FNO3/c22-18-5-1-17(2-6-18)13-21(15-24)14-23(12-10-20(21)26)11-9-16-3-7-19(25)8-4-16/h1-8,20,24-26H,9-15H2/t20-,21-/m0/s1. The van der Waals surface area contributed by atoms with Crippen molar-refractivity contribution >= 4 is 0 Å². The third-order valence-electron chi connectivity index (χ3n) is 5.40. The molecule has 1 fully saturated rings. The van der Waals surface area contributed by atoms with E-state index in [0.29, 0.717) is 19.4 Å². The van der Waals surface area contributed by atoms with Gasteiger partial charge in [-0.2, -0.15) is 0 Å². The van der Waals surface area contributed by atoms with Crippen LogP contribution in [0.1, 0.15) is 17.5 Å². The van der Waals surface area contributed by atoms with Gasteiger partial charge in [0.25, 0.3) is 0 Å². The summed E-state index contributed by atoms with van der Waals surface area (Å²) in [6.07, 6.45) is 1.38. The second-order valence-electron chi connectivity index (χ2n) is 7.32. The van der Waals surface area contributed by atoms with Gasteiger partial charge in [-0.05, 0) is 54.7 Å². The van der Waals surface area contributed by atoms with Crippen LogP contribution in [0.5, 0.6) is 5.75 Å². The monoisotopic (exact) mass is 359 g/mol. The molecular weight excluding hydrogens is 333 g/mol. The molecule has 1 aliphatic heterocycles. The minimum Gasteiger partial charge on any atom is -0.508 e. The number of aliphatic hydroxyl groups excluding tert-OH is 2. The lowest BCUT2D eigenvalue weighted by Gasteiger charge is -2.45. The number of piperidine rings is 1. The summed E-state index contributed by atoms with van der Waals surface area (Å²) in [5.41, 5.74) is 1.42. The minimum atomic E-state index is -0.634. The summed E-state index contributed by atoms with van der Waals surface area (Å²) < 4.78 is 13.1. The van der Waals surface area contributed by atoms with Crippen molar-refractivity contribution in [3.63, 3.8) is 0 Å². The number of phenols is 1. The van der Waals surface area contributed by atoms with Crippen molar-refractivity contribution < 1.29 is 19.7 Å². The van der Waals surface area contributed by atoms with Gasteiger partial charge in [0.15, 0.2) is 0 Å². The molecule has 0 aromatic heterocycles. The number of phenolic OH excluding ortho intramolecular Hbond substituents is 1. The first-order chi connectivity index (χ1) is 12.5. The Morgan fingerprint density at radius 2 is 1.69 bits per heavy atom. The van der Waals surface area contributed by atoms with Crippen LogP contribution in [-0.2, 0) is 12.8 Å². The van der Waals surface area contributed by atoms with Gasteiger partial charge in [0, 0.05) is 25.0 Å². The highest BCUT2D eigenvalue weighted by Gasteiger charge is 2.42. The number of nitrogens with zero attached hydrogens (tertiary/aromatic N) is 1. The van der Waals surface area contributed by atoms with Crippen molar-refractivity contribution in [2.45, 2.75) is 25.4 Å². The molecule has 1 aliphatic rings. The van der Waals surface area contributed by atoms with E-state index in [2.05, 4.69) is 4.90 Å². The smallest absolute Gasteiger partial charge is 0.123 e. The zero-order valence-electron chi connectivity index (χ0n) is 14.8. The molecule has 5 heteroatoms. The molecular formula is C21H26FNO3. The van der Waals surface area contributed by atoms with Gasteiger partial charge in [-0.3, -0.25) is 0 Å². The Hall–Kier alpha value is -1.95. The average molecular weight is 359 g/mol. The Morgan fingerprint density at radius 3 is 2.35 bits per heavy atom. The number of aromatic hydroxyl groups is 1. The number of hydrogen-bond donors (Lipinski definition) is 3. The molecule has 2 aromatic rings. The van der Waals surface area contributed by atoms with Crippen LogP contribution in [0.15, 0.2) is 48.5 Å². The van der Waals surface area contributed by atoms with E-state index in [0.717, 1.165) is 30.6 Å². The van der Waals surface area contributed by atoms with E-state index >= 15 is 0 Å². The van der Waals surface area contributed by atoms with Gasteiger partial charge in [0.05, 0.1) is 12.7 Å². The van der Waals surface area contributed by atoms with Gasteiger partial charge in [-0.1, -0.05) is 24.3 Å². The Balaban J connectivity index is 1.66. The zero-order chi connectivity index (χ0) is 18.6. The highest BCUT2D eigenvalue weighted by atomic mass is 19.1. The molecule has 2 atom stereocenters. The van der Waals surface area contributed by atoms with Gasteiger partial charge >= 0.3 is 0 Å². The molecule has 0 radical (unpaired) electrons. The summed E-state index contributed by atoms with van der Waals surface area (Å²) in [5, 5.41) is 30.0. The van der Waals surface area contributed by atoms with Gasteiger partial charge in [0.2, 0.25) is 0 Å². The number of rotatable bonds is 6. The van der Waals surface area contributed by atoms with E-state index < -0.39 is 11.5 Å². The van der Waals surface area contributed by atoms with Gasteiger partial charge in [-0.15, -0.1) is 0 Å². The molecule has 0 amide bonds. The van der Waals surface area contributed by atoms with E-state index in [9.17, 15) is 19.7 Å². The Morgan fingerprint density at radius 1 is 1.04 bits per heavy atom. The Labute approximate surface area is 153 Å². The maximum atomic E-state index is 13.1. The van der Waals surface area contributed by atoms with E-state index in [1.54, 1.807) is 24.3 Å². The van der Waals surface area contributed by atoms with Crippen LogP contribution >= 0.6 is 0 Å². The lowest BCUT2D eigenvalue weighted by atomic mass is 9.73. The Bertz CT molecular complexity index is 704. The molecule has 0 aliphatic carbocycles. The molecule has 0 unspecified atom stereocenters. The van der Waals surface area contributed by atoms with Crippen LogP contribution in [0, 0.1) is 11.2 Å². The highest BCUT2D eigenvalue weighted by molar-refractivity contribution is 5.26. The fourth-order valence-electron chi connectivity index (χ4n) is 3.78. The van der Waals surface area contributed by atoms with Crippen LogP contribution in [0.3, 0.4) is 0 Å². The quantitative estimate of drug-likeness (QED) is 0.741. The lowest BCUT2D eigenvalue weighted by Crippen LogP contribution is -2.55. The number of benzene rings is 2. The summed E-state index contributed by atoms with van der Waals surface area (Å²) >= 11 is 0. The van der Waals surface area contributed by atoms with Crippen molar-refractivity contribution in [1.82, 2.24) is 4.90 Å². The highest BCUT2D eigenvalue weighted by Crippen LogP contribution is 2.34. The molecule has 1 heterocycles. The van der Waals surface area contributed by atoms with Crippen molar-refractivity contribution in [3.8, 4) is 5.75 Å². The van der Waals surface area contributed by atoms with Gasteiger partial charge < -0.3 is 20.2 Å². The molecule has 0 bridgehead atoms. The fourth-order valence-corrected chi connectivity index (χ4v) is 3.78. The molecule has 3 rings (SSSR count). The molecule has 2 aromatic carbocycles. The molecule has 1 saturated heterocycles. The first-order valence-electron chi connectivity index (χ1n) is 9.04. The van der Waals surface area contributed by atoms with E-state index in [-0.39, 0.29) is 18.2 Å². The van der Waals surface area contributed by atoms with Crippen LogP contribution < -0.4 is 0 Å².